The molecule has 0 unspecified atom stereocenters. The van der Waals surface area contributed by atoms with Gasteiger partial charge in [0, 0.05) is 62.9 Å². The molecule has 1 aromatic carbocycles. The summed E-state index contributed by atoms with van der Waals surface area (Å²) >= 11 is 0. The van der Waals surface area contributed by atoms with E-state index in [4.69, 9.17) is 4.74 Å². The number of ether oxygens (including phenoxy) is 1. The zero-order valence-electron chi connectivity index (χ0n) is 22.3. The number of aromatic nitrogens is 2. The van der Waals surface area contributed by atoms with E-state index >= 15 is 0 Å². The number of carbonyl (C=O) groups is 1. The lowest BCUT2D eigenvalue weighted by atomic mass is 10.1. The second-order valence-corrected chi connectivity index (χ2v) is 10.3. The third-order valence-electron chi connectivity index (χ3n) is 7.72. The summed E-state index contributed by atoms with van der Waals surface area (Å²) in [4.78, 5) is 26.5. The van der Waals surface area contributed by atoms with Crippen LogP contribution in [0, 0.1) is 0 Å². The molecule has 2 N–H and O–H groups in total. The van der Waals surface area contributed by atoms with E-state index in [1.54, 1.807) is 4.90 Å². The van der Waals surface area contributed by atoms with E-state index in [1.807, 2.05) is 6.07 Å². The van der Waals surface area contributed by atoms with Crippen LogP contribution in [-0.2, 0) is 17.3 Å². The molecule has 0 aliphatic carbocycles. The number of cyclic esters (lactones) is 1. The highest BCUT2D eigenvalue weighted by Gasteiger charge is 2.35. The highest BCUT2D eigenvalue weighted by Crippen LogP contribution is 2.35. The smallest absolute Gasteiger partial charge is 0.421 e. The van der Waals surface area contributed by atoms with Crippen LogP contribution in [0.1, 0.15) is 43.7 Å². The molecule has 4 heterocycles. The number of piperazine rings is 1. The Morgan fingerprint density at radius 2 is 2.03 bits per heavy atom. The summed E-state index contributed by atoms with van der Waals surface area (Å²) in [5.41, 5.74) is 2.06. The second kappa shape index (κ2) is 11.8. The van der Waals surface area contributed by atoms with Gasteiger partial charge in [0.05, 0.1) is 6.61 Å². The van der Waals surface area contributed by atoms with Crippen LogP contribution in [0.15, 0.2) is 24.4 Å². The van der Waals surface area contributed by atoms with Crippen LogP contribution in [0.25, 0.3) is 0 Å². The summed E-state index contributed by atoms with van der Waals surface area (Å²) in [5.74, 6) is -0.197. The summed E-state index contributed by atoms with van der Waals surface area (Å²) in [6.07, 6.45) is 0.278. The topological polar surface area (TPSA) is 85.9 Å². The number of amides is 1. The fourth-order valence-corrected chi connectivity index (χ4v) is 5.60. The minimum Gasteiger partial charge on any atom is -0.449 e. The molecule has 3 aliphatic heterocycles. The zero-order valence-corrected chi connectivity index (χ0v) is 22.3. The Hall–Kier alpha value is -3.28. The zero-order chi connectivity index (χ0) is 27.4. The van der Waals surface area contributed by atoms with E-state index in [-0.39, 0.29) is 24.4 Å². The molecule has 0 saturated carbocycles. The van der Waals surface area contributed by atoms with Crippen LogP contribution < -0.4 is 15.5 Å². The van der Waals surface area contributed by atoms with Crippen molar-refractivity contribution in [1.29, 1.82) is 0 Å². The molecular formula is C27H36F3N7O2. The molecule has 0 spiro atoms. The molecule has 2 aromatic rings. The summed E-state index contributed by atoms with van der Waals surface area (Å²) in [5, 5.41) is 5.93. The lowest BCUT2D eigenvalue weighted by molar-refractivity contribution is -0.137. The van der Waals surface area contributed by atoms with Gasteiger partial charge in [-0.05, 0) is 62.4 Å². The van der Waals surface area contributed by atoms with Crippen LogP contribution in [0.4, 0.5) is 41.1 Å². The van der Waals surface area contributed by atoms with Gasteiger partial charge < -0.3 is 25.2 Å². The van der Waals surface area contributed by atoms with Gasteiger partial charge in [0.1, 0.15) is 11.4 Å². The Morgan fingerprint density at radius 3 is 2.82 bits per heavy atom. The lowest BCUT2D eigenvalue weighted by Gasteiger charge is -2.39. The van der Waals surface area contributed by atoms with Crippen molar-refractivity contribution in [2.24, 2.45) is 0 Å². The Morgan fingerprint density at radius 1 is 1.15 bits per heavy atom. The average Bonchev–Trinajstić information content (AvgIpc) is 3.40. The van der Waals surface area contributed by atoms with Gasteiger partial charge in [-0.1, -0.05) is 6.92 Å². The molecular weight excluding hydrogens is 511 g/mol. The number of nitrogens with zero attached hydrogens (tertiary/aromatic N) is 5. The number of halogens is 3. The van der Waals surface area contributed by atoms with E-state index in [0.29, 0.717) is 32.2 Å². The number of hydrogen-bond donors (Lipinski definition) is 2. The summed E-state index contributed by atoms with van der Waals surface area (Å²) < 4.78 is 46.0. The predicted octanol–water partition coefficient (Wildman–Crippen LogP) is 4.73. The van der Waals surface area contributed by atoms with Crippen LogP contribution in [-0.4, -0.2) is 84.3 Å². The minimum absolute atomic E-state index is 0.0899. The van der Waals surface area contributed by atoms with Crippen molar-refractivity contribution in [2.45, 2.75) is 51.2 Å². The molecule has 1 atom stereocenters. The van der Waals surface area contributed by atoms with Crippen molar-refractivity contribution in [2.75, 3.05) is 68.0 Å². The van der Waals surface area contributed by atoms with Gasteiger partial charge in [-0.15, -0.1) is 0 Å². The van der Waals surface area contributed by atoms with Gasteiger partial charge in [0.15, 0.2) is 0 Å². The van der Waals surface area contributed by atoms with E-state index < -0.39 is 11.7 Å². The monoisotopic (exact) mass is 547 g/mol. The minimum atomic E-state index is -4.60. The third kappa shape index (κ3) is 6.48. The molecule has 0 bridgehead atoms. The molecule has 9 nitrogen and oxygen atoms in total. The van der Waals surface area contributed by atoms with Crippen molar-refractivity contribution in [1.82, 2.24) is 19.8 Å². The number of rotatable bonds is 9. The van der Waals surface area contributed by atoms with Gasteiger partial charge in [-0.2, -0.15) is 18.2 Å². The maximum absolute atomic E-state index is 13.7. The first-order valence-corrected chi connectivity index (χ1v) is 13.8. The number of fused-ring (bicyclic) bond motifs is 1. The largest absolute Gasteiger partial charge is 0.449 e. The highest BCUT2D eigenvalue weighted by atomic mass is 19.4. The predicted molar refractivity (Wildman–Crippen MR) is 144 cm³/mol. The molecule has 3 saturated heterocycles. The fraction of sp³-hybridized carbons (Fsp3) is 0.593. The van der Waals surface area contributed by atoms with E-state index in [2.05, 4.69) is 49.5 Å². The number of nitrogens with one attached hydrogen (secondary N) is 2. The van der Waals surface area contributed by atoms with Gasteiger partial charge >= 0.3 is 12.3 Å². The summed E-state index contributed by atoms with van der Waals surface area (Å²) in [6, 6.07) is 6.78. The summed E-state index contributed by atoms with van der Waals surface area (Å²) in [7, 11) is 0. The van der Waals surface area contributed by atoms with Gasteiger partial charge in [0.2, 0.25) is 5.95 Å². The van der Waals surface area contributed by atoms with E-state index in [0.717, 1.165) is 55.6 Å². The Labute approximate surface area is 226 Å². The van der Waals surface area contributed by atoms with Crippen molar-refractivity contribution in [3.05, 3.63) is 35.5 Å². The van der Waals surface area contributed by atoms with E-state index in [9.17, 15) is 18.0 Å². The Balaban J connectivity index is 1.26. The Bertz CT molecular complexity index is 1160. The van der Waals surface area contributed by atoms with Gasteiger partial charge in [0.25, 0.3) is 0 Å². The molecule has 3 fully saturated rings. The molecule has 212 valence electrons. The lowest BCUT2D eigenvalue weighted by Crippen LogP contribution is -2.50. The van der Waals surface area contributed by atoms with Gasteiger partial charge in [-0.25, -0.2) is 9.78 Å². The van der Waals surface area contributed by atoms with Crippen molar-refractivity contribution in [3.63, 3.8) is 0 Å². The maximum atomic E-state index is 13.7. The normalized spacial score (nSPS) is 20.1. The van der Waals surface area contributed by atoms with E-state index in [1.165, 1.54) is 19.4 Å². The third-order valence-corrected chi connectivity index (χ3v) is 7.72. The van der Waals surface area contributed by atoms with Gasteiger partial charge in [-0.3, -0.25) is 4.90 Å². The first kappa shape index (κ1) is 27.3. The average molecular weight is 548 g/mol. The number of carbonyl (C=O) groups excluding carboxylic acids is 1. The second-order valence-electron chi connectivity index (χ2n) is 10.3. The van der Waals surface area contributed by atoms with Crippen molar-refractivity contribution < 1.29 is 22.7 Å². The molecule has 5 rings (SSSR count). The molecule has 1 aromatic heterocycles. The summed E-state index contributed by atoms with van der Waals surface area (Å²) in [6.45, 7) is 7.93. The SMILES string of the molecule is CCc1cc(N2CCN3CCC[C@H]3C2)ccc1Nc1ncc(C(F)(F)F)c(NCCCN2CCCOC2=O)n1. The molecule has 1 amide bonds. The number of alkyl halides is 3. The first-order chi connectivity index (χ1) is 18.8. The number of benzene rings is 1. The highest BCUT2D eigenvalue weighted by molar-refractivity contribution is 5.68. The number of anilines is 4. The number of aryl methyl sites for hydroxylation is 1. The maximum Gasteiger partial charge on any atom is 0.421 e. The molecule has 3 aliphatic rings. The standard InChI is InChI=1S/C27H36F3N7O2/c1-2-19-16-20(37-14-13-35-10-3-6-21(35)18-37)7-8-23(19)33-25-32-17-22(27(28,29)30)24(34-25)31-9-4-11-36-12-5-15-39-26(36)38/h7-8,16-17,21H,2-6,9-15,18H2,1H3,(H2,31,32,33,34)/t21-/m0/s1. The van der Waals surface area contributed by atoms with Crippen LogP contribution in [0.2, 0.25) is 0 Å². The molecule has 39 heavy (non-hydrogen) atoms. The molecule has 12 heteroatoms. The Kier molecular flexibility index (Phi) is 8.29. The van der Waals surface area contributed by atoms with Crippen LogP contribution in [0.3, 0.4) is 0 Å². The van der Waals surface area contributed by atoms with Crippen LogP contribution >= 0.6 is 0 Å². The number of hydrogen-bond acceptors (Lipinski definition) is 8. The van der Waals surface area contributed by atoms with Crippen LogP contribution in [0.5, 0.6) is 0 Å². The van der Waals surface area contributed by atoms with Crippen molar-refractivity contribution >= 4 is 29.2 Å². The van der Waals surface area contributed by atoms with Crippen molar-refractivity contribution in [3.8, 4) is 0 Å². The fourth-order valence-electron chi connectivity index (χ4n) is 5.60. The quantitative estimate of drug-likeness (QED) is 0.436. The first-order valence-electron chi connectivity index (χ1n) is 13.8. The molecule has 0 radical (unpaired) electrons.